The van der Waals surface area contributed by atoms with Crippen LogP contribution in [0.1, 0.15) is 0 Å². The number of para-hydroxylation sites is 4. The molecule has 0 spiro atoms. The summed E-state index contributed by atoms with van der Waals surface area (Å²) in [7, 11) is 0. The molecule has 128 heavy (non-hydrogen) atoms. The van der Waals surface area contributed by atoms with Crippen LogP contribution in [0.3, 0.4) is 0 Å². The quantitative estimate of drug-likeness (QED) is 0.151. The highest BCUT2D eigenvalue weighted by Crippen LogP contribution is 2.53. The summed E-state index contributed by atoms with van der Waals surface area (Å²) in [6, 6.07) is 144. The highest BCUT2D eigenvalue weighted by molar-refractivity contribution is 7.28. The van der Waals surface area contributed by atoms with E-state index in [4.69, 9.17) is 15.0 Å². The summed E-state index contributed by atoms with van der Waals surface area (Å²) >= 11 is 5.66. The number of hydrogen-bond donors (Lipinski definition) is 0. The molecular formula is C117H70N8S3. The van der Waals surface area contributed by atoms with E-state index < -0.39 is 0 Å². The van der Waals surface area contributed by atoms with Crippen molar-refractivity contribution in [1.82, 2.24) is 38.6 Å². The number of aromatic nitrogens is 8. The Morgan fingerprint density at radius 3 is 1.04 bits per heavy atom. The lowest BCUT2D eigenvalue weighted by atomic mass is 9.99. The molecule has 0 amide bonds. The molecule has 0 saturated heterocycles. The fourth-order valence-electron chi connectivity index (χ4n) is 20.2. The van der Waals surface area contributed by atoms with Crippen molar-refractivity contribution in [3.05, 3.63) is 425 Å². The van der Waals surface area contributed by atoms with E-state index in [0.29, 0.717) is 0 Å². The first-order valence-electron chi connectivity index (χ1n) is 43.2. The lowest BCUT2D eigenvalue weighted by Gasteiger charge is -2.13. The minimum atomic E-state index is 0.880. The predicted molar refractivity (Wildman–Crippen MR) is 545 cm³/mol. The van der Waals surface area contributed by atoms with Gasteiger partial charge in [0.2, 0.25) is 0 Å². The van der Waals surface area contributed by atoms with Crippen molar-refractivity contribution >= 4 is 214 Å². The lowest BCUT2D eigenvalue weighted by Crippen LogP contribution is -2.00. The van der Waals surface area contributed by atoms with E-state index in [9.17, 15) is 0 Å². The molecule has 0 aliphatic carbocycles. The summed E-state index contributed by atoms with van der Waals surface area (Å²) in [6.07, 6.45) is 7.31. The van der Waals surface area contributed by atoms with Crippen LogP contribution in [0.4, 0.5) is 0 Å². The third kappa shape index (κ3) is 11.6. The summed E-state index contributed by atoms with van der Waals surface area (Å²) in [6.45, 7) is 0. The number of nitrogens with zero attached hydrogens (tertiary/aromatic N) is 8. The lowest BCUT2D eigenvalue weighted by molar-refractivity contribution is 1.10. The Morgan fingerprint density at radius 1 is 0.219 bits per heavy atom. The maximum absolute atomic E-state index is 5.42. The van der Waals surface area contributed by atoms with Crippen LogP contribution < -0.4 is 0 Å². The van der Waals surface area contributed by atoms with Crippen LogP contribution in [0.15, 0.2) is 425 Å². The van der Waals surface area contributed by atoms with E-state index in [1.165, 1.54) is 175 Å². The molecular weight excluding hydrogens is 1610 g/mol. The van der Waals surface area contributed by atoms with Crippen LogP contribution in [0.5, 0.6) is 0 Å². The average Bonchev–Trinajstić information content (AvgIpc) is 1.55. The molecule has 28 aromatic rings. The van der Waals surface area contributed by atoms with Gasteiger partial charge in [0.05, 0.1) is 69.8 Å². The molecule has 11 aromatic heterocycles. The van der Waals surface area contributed by atoms with Gasteiger partial charge in [0, 0.05) is 137 Å². The molecule has 11 heteroatoms. The Morgan fingerprint density at radius 2 is 0.578 bits per heavy atom. The normalized spacial score (nSPS) is 11.9. The van der Waals surface area contributed by atoms with Crippen molar-refractivity contribution in [2.24, 2.45) is 0 Å². The molecule has 17 aromatic carbocycles. The second-order valence-electron chi connectivity index (χ2n) is 32.8. The third-order valence-corrected chi connectivity index (χ3v) is 29.2. The number of hydrogen-bond acceptors (Lipinski definition) is 8. The van der Waals surface area contributed by atoms with Gasteiger partial charge >= 0.3 is 0 Å². The van der Waals surface area contributed by atoms with Gasteiger partial charge in [-0.3, -0.25) is 19.1 Å². The zero-order valence-electron chi connectivity index (χ0n) is 68.7. The highest BCUT2D eigenvalue weighted by Gasteiger charge is 2.28. The maximum atomic E-state index is 5.42. The molecule has 0 saturated carbocycles. The Hall–Kier alpha value is -16.2. The zero-order valence-corrected chi connectivity index (χ0v) is 71.2. The van der Waals surface area contributed by atoms with E-state index in [1.807, 2.05) is 58.5 Å². The van der Waals surface area contributed by atoms with Crippen molar-refractivity contribution in [1.29, 1.82) is 0 Å². The SMILES string of the molecule is c1ccc(-c2cc(-n3c4ccccc4c4c5ccccc5c5c6ccccc6sc5c43)nc3ccccc23)cc1.c1ccc(-c2nc(-n3c4ccccc4c4c5ccccc5c5c6ccccc6sc5c43)cc3ccccc23)cc1.c1cncc(-c2cc(-c3ccc(-n4c5ccccc5c5c6ccccc6c6c7ccccc7sc6c54)cc3)cc(-c3cccnc3)n2)c1. The molecule has 0 unspecified atom stereocenters. The molecule has 0 fully saturated rings. The minimum absolute atomic E-state index is 0.880. The summed E-state index contributed by atoms with van der Waals surface area (Å²) in [5.41, 5.74) is 19.9. The van der Waals surface area contributed by atoms with Crippen LogP contribution in [-0.2, 0) is 0 Å². The van der Waals surface area contributed by atoms with Gasteiger partial charge in [-0.2, -0.15) is 0 Å². The average molecular weight is 1680 g/mol. The molecule has 0 N–H and O–H groups in total. The molecule has 0 radical (unpaired) electrons. The van der Waals surface area contributed by atoms with Crippen molar-refractivity contribution in [3.8, 4) is 73.3 Å². The van der Waals surface area contributed by atoms with Crippen LogP contribution >= 0.6 is 34.0 Å². The van der Waals surface area contributed by atoms with Crippen LogP contribution in [-0.4, -0.2) is 38.6 Å². The summed E-state index contributed by atoms with van der Waals surface area (Å²) in [5.74, 6) is 1.88. The molecule has 0 aliphatic heterocycles. The Bertz CT molecular complexity index is 8990. The van der Waals surface area contributed by atoms with E-state index in [0.717, 1.165) is 78.5 Å². The van der Waals surface area contributed by atoms with Crippen molar-refractivity contribution < 1.29 is 0 Å². The molecule has 28 rings (SSSR count). The second-order valence-corrected chi connectivity index (χ2v) is 35.9. The zero-order chi connectivity index (χ0) is 84.0. The Labute approximate surface area is 745 Å². The van der Waals surface area contributed by atoms with Crippen molar-refractivity contribution in [2.45, 2.75) is 0 Å². The fourth-order valence-corrected chi connectivity index (χ4v) is 24.0. The Kier molecular flexibility index (Phi) is 17.1. The number of thiophene rings is 3. The van der Waals surface area contributed by atoms with Gasteiger partial charge in [-0.1, -0.05) is 297 Å². The van der Waals surface area contributed by atoms with Crippen LogP contribution in [0.25, 0.3) is 253 Å². The van der Waals surface area contributed by atoms with Gasteiger partial charge in [0.25, 0.3) is 0 Å². The number of fused-ring (bicyclic) bond motifs is 32. The third-order valence-electron chi connectivity index (χ3n) is 25.7. The molecule has 0 bridgehead atoms. The van der Waals surface area contributed by atoms with Crippen molar-refractivity contribution in [2.75, 3.05) is 0 Å². The fraction of sp³-hybridized carbons (Fsp3) is 0. The minimum Gasteiger partial charge on any atom is -0.308 e. The summed E-state index contributed by atoms with van der Waals surface area (Å²) < 4.78 is 15.1. The molecule has 0 aliphatic rings. The number of rotatable bonds is 8. The Balaban J connectivity index is 0.000000102. The van der Waals surface area contributed by atoms with Crippen molar-refractivity contribution in [3.63, 3.8) is 0 Å². The molecule has 8 nitrogen and oxygen atoms in total. The number of pyridine rings is 5. The maximum Gasteiger partial charge on any atom is 0.138 e. The standard InChI is InChI=1S/C43H26N4S.2C37H22N2S/c1-2-12-33-32(11-1)40-34-13-3-5-15-38(34)47(42(40)43-41(33)35-14-4-6-16-39(35)48-43)31-19-17-27(18-20-31)30-23-36(28-9-7-21-44-25-28)46-37(24-30)29-10-8-22-45-26-29;1-2-12-23(13-3-1)29-22-33(38-30-19-9-6-14-24(29)30)39-31-20-10-7-17-27(31)34-25-15-4-5-16-26(25)35-28-18-8-11-21-32(28)40-37(35)36(34)39;1-2-12-23(13-3-1)35-25-15-5-4-14-24(25)22-32(38-35)39-30-20-10-8-18-28(30)33-26-16-6-7-17-27(26)34-29-19-9-11-21-31(29)40-37(34)36(33)39/h1-26H;2*1-22H. The predicted octanol–water partition coefficient (Wildman–Crippen LogP) is 32.5. The topological polar surface area (TPSA) is 79.2 Å². The van der Waals surface area contributed by atoms with E-state index in [2.05, 4.69) is 412 Å². The summed E-state index contributed by atoms with van der Waals surface area (Å²) in [5, 5.41) is 26.9. The largest absolute Gasteiger partial charge is 0.308 e. The number of benzene rings is 17. The first kappa shape index (κ1) is 73.4. The molecule has 596 valence electrons. The summed E-state index contributed by atoms with van der Waals surface area (Å²) in [4.78, 5) is 24.5. The molecule has 11 heterocycles. The monoisotopic (exact) mass is 1680 g/mol. The van der Waals surface area contributed by atoms with Crippen LogP contribution in [0.2, 0.25) is 0 Å². The van der Waals surface area contributed by atoms with Gasteiger partial charge < -0.3 is 4.57 Å². The van der Waals surface area contributed by atoms with Gasteiger partial charge in [-0.15, -0.1) is 34.0 Å². The van der Waals surface area contributed by atoms with Gasteiger partial charge in [-0.25, -0.2) is 15.0 Å². The van der Waals surface area contributed by atoms with Gasteiger partial charge in [0.15, 0.2) is 0 Å². The van der Waals surface area contributed by atoms with E-state index in [1.54, 1.807) is 12.4 Å². The molecule has 0 atom stereocenters. The van der Waals surface area contributed by atoms with Crippen LogP contribution in [0, 0.1) is 0 Å². The van der Waals surface area contributed by atoms with Gasteiger partial charge in [-0.05, 0) is 163 Å². The first-order chi connectivity index (χ1) is 63.5. The van der Waals surface area contributed by atoms with E-state index in [-0.39, 0.29) is 0 Å². The smallest absolute Gasteiger partial charge is 0.138 e. The van der Waals surface area contributed by atoms with E-state index >= 15 is 0 Å². The highest BCUT2D eigenvalue weighted by atomic mass is 32.1. The van der Waals surface area contributed by atoms with Gasteiger partial charge in [0.1, 0.15) is 11.6 Å². The first-order valence-corrected chi connectivity index (χ1v) is 45.6. The second kappa shape index (κ2) is 29.8.